The van der Waals surface area contributed by atoms with Gasteiger partial charge in [-0.05, 0) is 19.1 Å². The van der Waals surface area contributed by atoms with Crippen LogP contribution in [-0.2, 0) is 10.0 Å². The van der Waals surface area contributed by atoms with Crippen molar-refractivity contribution < 1.29 is 8.42 Å². The molecule has 1 rings (SSSR count). The third-order valence-electron chi connectivity index (χ3n) is 2.32. The Bertz CT molecular complexity index is 613. The second-order valence-corrected chi connectivity index (χ2v) is 5.79. The van der Waals surface area contributed by atoms with Crippen molar-refractivity contribution in [2.24, 2.45) is 5.92 Å². The largest absolute Gasteiger partial charge is 0.245 e. The summed E-state index contributed by atoms with van der Waals surface area (Å²) in [7, 11) is -2.42. The summed E-state index contributed by atoms with van der Waals surface area (Å²) >= 11 is 0. The van der Waals surface area contributed by atoms with Gasteiger partial charge in [0.25, 0.3) is 0 Å². The van der Waals surface area contributed by atoms with Crippen molar-refractivity contribution in [3.05, 3.63) is 24.0 Å². The minimum atomic E-state index is -3.79. The molecule has 0 aliphatic heterocycles. The fraction of sp³-hybridized carbons (Fsp3) is 0.364. The van der Waals surface area contributed by atoms with Crippen LogP contribution in [0.4, 0.5) is 0 Å². The molecule has 1 atom stereocenters. The first-order valence-corrected chi connectivity index (χ1v) is 6.58. The van der Waals surface area contributed by atoms with Crippen molar-refractivity contribution >= 4 is 10.0 Å². The number of rotatable bonds is 4. The molecule has 1 unspecified atom stereocenters. The standard InChI is InChI=1S/C11H12N4O2S/c1-9(6-12)8-15(2)18(16,17)11-4-3-5-14-10(11)7-13/h3-5,9H,8H2,1-2H3. The van der Waals surface area contributed by atoms with Crippen LogP contribution >= 0.6 is 0 Å². The third-order valence-corrected chi connectivity index (χ3v) is 4.17. The number of hydrogen-bond donors (Lipinski definition) is 0. The van der Waals surface area contributed by atoms with Gasteiger partial charge in [-0.15, -0.1) is 0 Å². The SMILES string of the molecule is CC(C#N)CN(C)S(=O)(=O)c1cccnc1C#N. The quantitative estimate of drug-likeness (QED) is 0.798. The van der Waals surface area contributed by atoms with E-state index in [1.807, 2.05) is 6.07 Å². The molecule has 0 aliphatic rings. The van der Waals surface area contributed by atoms with Crippen LogP contribution < -0.4 is 0 Å². The van der Waals surface area contributed by atoms with Gasteiger partial charge in [-0.25, -0.2) is 13.4 Å². The van der Waals surface area contributed by atoms with Crippen LogP contribution in [0.5, 0.6) is 0 Å². The molecule has 0 N–H and O–H groups in total. The van der Waals surface area contributed by atoms with Crippen molar-refractivity contribution in [3.63, 3.8) is 0 Å². The molecule has 94 valence electrons. The molecule has 0 spiro atoms. The van der Waals surface area contributed by atoms with Crippen LogP contribution in [0.2, 0.25) is 0 Å². The van der Waals surface area contributed by atoms with Crippen LogP contribution in [0.15, 0.2) is 23.2 Å². The van der Waals surface area contributed by atoms with Gasteiger partial charge in [0.05, 0.1) is 12.0 Å². The molecule has 18 heavy (non-hydrogen) atoms. The molecule has 0 aliphatic carbocycles. The lowest BCUT2D eigenvalue weighted by Crippen LogP contribution is -2.31. The summed E-state index contributed by atoms with van der Waals surface area (Å²) in [4.78, 5) is 3.57. The van der Waals surface area contributed by atoms with Crippen molar-refractivity contribution in [3.8, 4) is 12.1 Å². The van der Waals surface area contributed by atoms with Crippen molar-refractivity contribution in [1.29, 1.82) is 10.5 Å². The molecule has 0 saturated carbocycles. The zero-order valence-electron chi connectivity index (χ0n) is 10.0. The van der Waals surface area contributed by atoms with E-state index in [0.717, 1.165) is 4.31 Å². The first-order chi connectivity index (χ1) is 8.43. The minimum Gasteiger partial charge on any atom is -0.244 e. The smallest absolute Gasteiger partial charge is 0.244 e. The molecular formula is C11H12N4O2S. The van der Waals surface area contributed by atoms with Gasteiger partial charge in [-0.1, -0.05) is 0 Å². The van der Waals surface area contributed by atoms with E-state index in [4.69, 9.17) is 10.5 Å². The van der Waals surface area contributed by atoms with E-state index in [2.05, 4.69) is 4.98 Å². The van der Waals surface area contributed by atoms with Gasteiger partial charge >= 0.3 is 0 Å². The number of sulfonamides is 1. The molecule has 1 heterocycles. The fourth-order valence-electron chi connectivity index (χ4n) is 1.38. The summed E-state index contributed by atoms with van der Waals surface area (Å²) in [5.74, 6) is -0.424. The van der Waals surface area contributed by atoms with Gasteiger partial charge in [0.15, 0.2) is 5.69 Å². The van der Waals surface area contributed by atoms with Crippen LogP contribution in [0.3, 0.4) is 0 Å². The molecule has 0 fully saturated rings. The lowest BCUT2D eigenvalue weighted by atomic mass is 10.2. The van der Waals surface area contributed by atoms with Gasteiger partial charge < -0.3 is 0 Å². The van der Waals surface area contributed by atoms with E-state index >= 15 is 0 Å². The number of nitrogens with zero attached hydrogens (tertiary/aromatic N) is 4. The zero-order valence-corrected chi connectivity index (χ0v) is 10.8. The van der Waals surface area contributed by atoms with E-state index in [9.17, 15) is 8.42 Å². The Kier molecular flexibility index (Phi) is 4.38. The zero-order chi connectivity index (χ0) is 13.8. The molecule has 0 aromatic carbocycles. The second-order valence-electron chi connectivity index (χ2n) is 3.78. The summed E-state index contributed by atoms with van der Waals surface area (Å²) in [6, 6.07) is 6.48. The summed E-state index contributed by atoms with van der Waals surface area (Å²) in [6.45, 7) is 1.69. The highest BCUT2D eigenvalue weighted by Crippen LogP contribution is 2.17. The summed E-state index contributed by atoms with van der Waals surface area (Å²) < 4.78 is 25.4. The number of aromatic nitrogens is 1. The Hall–Kier alpha value is -1.96. The predicted octanol–water partition coefficient (Wildman–Crippen LogP) is 0.733. The molecule has 0 saturated heterocycles. The topological polar surface area (TPSA) is 97.8 Å². The molecule has 0 radical (unpaired) electrons. The van der Waals surface area contributed by atoms with Crippen LogP contribution in [0, 0.1) is 28.6 Å². The van der Waals surface area contributed by atoms with Crippen LogP contribution in [-0.4, -0.2) is 31.3 Å². The number of pyridine rings is 1. The lowest BCUT2D eigenvalue weighted by Gasteiger charge is -2.18. The fourth-order valence-corrected chi connectivity index (χ4v) is 2.72. The highest BCUT2D eigenvalue weighted by atomic mass is 32.2. The summed E-state index contributed by atoms with van der Waals surface area (Å²) in [5, 5.41) is 17.5. The van der Waals surface area contributed by atoms with Crippen LogP contribution in [0.1, 0.15) is 12.6 Å². The Balaban J connectivity index is 3.15. The molecule has 1 aromatic heterocycles. The average Bonchev–Trinajstić information content (AvgIpc) is 2.38. The molecule has 1 aromatic rings. The lowest BCUT2D eigenvalue weighted by molar-refractivity contribution is 0.438. The predicted molar refractivity (Wildman–Crippen MR) is 63.5 cm³/mol. The molecular weight excluding hydrogens is 252 g/mol. The minimum absolute atomic E-state index is 0.0681. The Morgan fingerprint density at radius 2 is 2.17 bits per heavy atom. The Morgan fingerprint density at radius 1 is 1.50 bits per heavy atom. The molecule has 0 amide bonds. The highest BCUT2D eigenvalue weighted by Gasteiger charge is 2.25. The van der Waals surface area contributed by atoms with E-state index in [-0.39, 0.29) is 17.1 Å². The summed E-state index contributed by atoms with van der Waals surface area (Å²) in [5.41, 5.74) is -0.144. The normalized spacial score (nSPS) is 12.7. The van der Waals surface area contributed by atoms with Gasteiger partial charge in [-0.2, -0.15) is 14.8 Å². The molecule has 6 nitrogen and oxygen atoms in total. The van der Waals surface area contributed by atoms with E-state index in [1.165, 1.54) is 25.4 Å². The second kappa shape index (κ2) is 5.58. The first kappa shape index (κ1) is 14.1. The Morgan fingerprint density at radius 3 is 2.72 bits per heavy atom. The van der Waals surface area contributed by atoms with Gasteiger partial charge in [0, 0.05) is 19.8 Å². The molecule has 0 bridgehead atoms. The summed E-state index contributed by atoms with van der Waals surface area (Å²) in [6.07, 6.45) is 1.36. The van der Waals surface area contributed by atoms with Gasteiger partial charge in [-0.3, -0.25) is 0 Å². The first-order valence-electron chi connectivity index (χ1n) is 5.14. The maximum Gasteiger partial charge on any atom is 0.245 e. The maximum absolute atomic E-state index is 12.2. The van der Waals surface area contributed by atoms with E-state index in [1.54, 1.807) is 13.0 Å². The number of nitriles is 2. The van der Waals surface area contributed by atoms with Crippen molar-refractivity contribution in [2.75, 3.05) is 13.6 Å². The van der Waals surface area contributed by atoms with Crippen LogP contribution in [0.25, 0.3) is 0 Å². The third kappa shape index (κ3) is 2.83. The monoisotopic (exact) mass is 264 g/mol. The van der Waals surface area contributed by atoms with E-state index in [0.29, 0.717) is 0 Å². The van der Waals surface area contributed by atoms with Gasteiger partial charge in [0.2, 0.25) is 10.0 Å². The van der Waals surface area contributed by atoms with Crippen molar-refractivity contribution in [1.82, 2.24) is 9.29 Å². The number of hydrogen-bond acceptors (Lipinski definition) is 5. The van der Waals surface area contributed by atoms with Crippen molar-refractivity contribution in [2.45, 2.75) is 11.8 Å². The van der Waals surface area contributed by atoms with E-state index < -0.39 is 15.9 Å². The molecule has 7 heteroatoms. The maximum atomic E-state index is 12.2. The van der Waals surface area contributed by atoms with Gasteiger partial charge in [0.1, 0.15) is 11.0 Å². The Labute approximate surface area is 106 Å². The highest BCUT2D eigenvalue weighted by molar-refractivity contribution is 7.89. The average molecular weight is 264 g/mol.